The predicted molar refractivity (Wildman–Crippen MR) is 98.8 cm³/mol. The van der Waals surface area contributed by atoms with Crippen LogP contribution in [0, 0.1) is 0 Å². The largest absolute Gasteiger partial charge is 0.504 e. The fourth-order valence-electron chi connectivity index (χ4n) is 3.34. The van der Waals surface area contributed by atoms with Gasteiger partial charge in [-0.05, 0) is 43.5 Å². The SMILES string of the molecule is O=C(COc1ccccc1O)N[C@@H]1CCCc2c1cnn2-c1ccccn1. The number of para-hydroxylation sites is 2. The predicted octanol–water partition coefficient (Wildman–Crippen LogP) is 2.55. The molecule has 1 aromatic carbocycles. The lowest BCUT2D eigenvalue weighted by molar-refractivity contribution is -0.124. The van der Waals surface area contributed by atoms with Crippen molar-refractivity contribution in [1.82, 2.24) is 20.1 Å². The molecule has 0 spiro atoms. The molecule has 0 saturated carbocycles. The lowest BCUT2D eigenvalue weighted by atomic mass is 9.93. The number of benzene rings is 1. The molecule has 7 nitrogen and oxygen atoms in total. The molecule has 27 heavy (non-hydrogen) atoms. The third-order valence-corrected chi connectivity index (χ3v) is 4.61. The fourth-order valence-corrected chi connectivity index (χ4v) is 3.34. The molecule has 0 bridgehead atoms. The van der Waals surface area contributed by atoms with Crippen molar-refractivity contribution in [3.05, 3.63) is 66.1 Å². The number of ether oxygens (including phenoxy) is 1. The van der Waals surface area contributed by atoms with Crippen molar-refractivity contribution in [2.75, 3.05) is 6.61 Å². The monoisotopic (exact) mass is 364 g/mol. The number of aromatic hydroxyl groups is 1. The maximum Gasteiger partial charge on any atom is 0.258 e. The molecule has 1 atom stereocenters. The second-order valence-corrected chi connectivity index (χ2v) is 6.42. The van der Waals surface area contributed by atoms with Crippen LogP contribution in [0.25, 0.3) is 5.82 Å². The van der Waals surface area contributed by atoms with E-state index in [2.05, 4.69) is 15.4 Å². The van der Waals surface area contributed by atoms with Crippen LogP contribution in [0.1, 0.15) is 30.1 Å². The average molecular weight is 364 g/mol. The minimum absolute atomic E-state index is 0.0156. The Labute approximate surface area is 156 Å². The number of hydrogen-bond acceptors (Lipinski definition) is 5. The Hall–Kier alpha value is -3.35. The summed E-state index contributed by atoms with van der Waals surface area (Å²) in [5.74, 6) is 0.845. The molecule has 1 aliphatic rings. The smallest absolute Gasteiger partial charge is 0.258 e. The Morgan fingerprint density at radius 2 is 2.11 bits per heavy atom. The molecule has 0 unspecified atom stereocenters. The third kappa shape index (κ3) is 3.62. The van der Waals surface area contributed by atoms with Crippen molar-refractivity contribution in [3.63, 3.8) is 0 Å². The summed E-state index contributed by atoms with van der Waals surface area (Å²) in [6.07, 6.45) is 6.24. The van der Waals surface area contributed by atoms with Gasteiger partial charge in [0.25, 0.3) is 5.91 Å². The van der Waals surface area contributed by atoms with Crippen LogP contribution in [0.15, 0.2) is 54.9 Å². The fraction of sp³-hybridized carbons (Fsp3) is 0.250. The van der Waals surface area contributed by atoms with Gasteiger partial charge in [-0.3, -0.25) is 4.79 Å². The first-order valence-corrected chi connectivity index (χ1v) is 8.91. The maximum absolute atomic E-state index is 12.3. The van der Waals surface area contributed by atoms with Gasteiger partial charge < -0.3 is 15.2 Å². The van der Waals surface area contributed by atoms with Crippen LogP contribution in [0.4, 0.5) is 0 Å². The molecule has 1 aliphatic carbocycles. The van der Waals surface area contributed by atoms with E-state index in [4.69, 9.17) is 4.74 Å². The van der Waals surface area contributed by atoms with Gasteiger partial charge in [-0.15, -0.1) is 0 Å². The van der Waals surface area contributed by atoms with Crippen molar-refractivity contribution in [1.29, 1.82) is 0 Å². The van der Waals surface area contributed by atoms with E-state index >= 15 is 0 Å². The topological polar surface area (TPSA) is 89.3 Å². The Balaban J connectivity index is 1.45. The zero-order valence-corrected chi connectivity index (χ0v) is 14.7. The van der Waals surface area contributed by atoms with E-state index in [1.165, 1.54) is 6.07 Å². The molecular formula is C20H20N4O3. The van der Waals surface area contributed by atoms with Crippen molar-refractivity contribution in [3.8, 4) is 17.3 Å². The Morgan fingerprint density at radius 1 is 1.26 bits per heavy atom. The van der Waals surface area contributed by atoms with E-state index in [1.54, 1.807) is 30.6 Å². The number of phenols is 1. The molecule has 2 aromatic heterocycles. The Bertz CT molecular complexity index is 939. The van der Waals surface area contributed by atoms with Crippen LogP contribution in [0.2, 0.25) is 0 Å². The third-order valence-electron chi connectivity index (χ3n) is 4.61. The first kappa shape index (κ1) is 17.1. The molecule has 0 radical (unpaired) electrons. The molecule has 7 heteroatoms. The highest BCUT2D eigenvalue weighted by Gasteiger charge is 2.26. The van der Waals surface area contributed by atoms with E-state index < -0.39 is 0 Å². The quantitative estimate of drug-likeness (QED) is 0.726. The molecule has 3 aromatic rings. The summed E-state index contributed by atoms with van der Waals surface area (Å²) in [4.78, 5) is 16.7. The molecule has 1 amide bonds. The van der Waals surface area contributed by atoms with Gasteiger partial charge in [0, 0.05) is 11.8 Å². The molecule has 138 valence electrons. The standard InChI is InChI=1S/C20H20N4O3/c25-17-8-1-2-9-18(17)27-13-20(26)23-15-6-5-7-16-14(15)12-22-24(16)19-10-3-4-11-21-19/h1-4,8-12,15,25H,5-7,13H2,(H,23,26)/t15-/m1/s1. The lowest BCUT2D eigenvalue weighted by Gasteiger charge is -2.24. The van der Waals surface area contributed by atoms with Crippen LogP contribution in [-0.2, 0) is 11.2 Å². The second-order valence-electron chi connectivity index (χ2n) is 6.42. The van der Waals surface area contributed by atoms with Crippen LogP contribution < -0.4 is 10.1 Å². The first-order chi connectivity index (χ1) is 13.2. The van der Waals surface area contributed by atoms with Crippen LogP contribution in [0.3, 0.4) is 0 Å². The zero-order valence-electron chi connectivity index (χ0n) is 14.7. The van der Waals surface area contributed by atoms with Gasteiger partial charge in [0.1, 0.15) is 0 Å². The molecule has 0 aliphatic heterocycles. The number of carbonyl (C=O) groups excluding carboxylic acids is 1. The second kappa shape index (κ2) is 7.49. The van der Waals surface area contributed by atoms with E-state index in [0.29, 0.717) is 5.75 Å². The molecule has 2 heterocycles. The minimum Gasteiger partial charge on any atom is -0.504 e. The number of nitrogens with one attached hydrogen (secondary N) is 1. The normalized spacial score (nSPS) is 15.8. The number of pyridine rings is 1. The number of aromatic nitrogens is 3. The highest BCUT2D eigenvalue weighted by Crippen LogP contribution is 2.31. The highest BCUT2D eigenvalue weighted by atomic mass is 16.5. The zero-order chi connectivity index (χ0) is 18.6. The summed E-state index contributed by atoms with van der Waals surface area (Å²) in [6.45, 7) is -0.155. The average Bonchev–Trinajstić information content (AvgIpc) is 3.13. The van der Waals surface area contributed by atoms with Gasteiger partial charge in [-0.2, -0.15) is 5.10 Å². The van der Waals surface area contributed by atoms with Gasteiger partial charge in [0.15, 0.2) is 23.9 Å². The number of nitrogens with zero attached hydrogens (tertiary/aromatic N) is 3. The van der Waals surface area contributed by atoms with E-state index in [1.807, 2.05) is 22.9 Å². The summed E-state index contributed by atoms with van der Waals surface area (Å²) >= 11 is 0. The van der Waals surface area contributed by atoms with Crippen molar-refractivity contribution < 1.29 is 14.6 Å². The Kier molecular flexibility index (Phi) is 4.74. The lowest BCUT2D eigenvalue weighted by Crippen LogP contribution is -2.34. The number of hydrogen-bond donors (Lipinski definition) is 2. The van der Waals surface area contributed by atoms with Gasteiger partial charge in [-0.1, -0.05) is 18.2 Å². The number of amides is 1. The summed E-state index contributed by atoms with van der Waals surface area (Å²) in [5, 5.41) is 17.2. The Morgan fingerprint density at radius 3 is 2.93 bits per heavy atom. The minimum atomic E-state index is -0.235. The van der Waals surface area contributed by atoms with E-state index in [0.717, 1.165) is 36.3 Å². The van der Waals surface area contributed by atoms with Crippen LogP contribution in [0.5, 0.6) is 11.5 Å². The molecule has 0 saturated heterocycles. The van der Waals surface area contributed by atoms with Gasteiger partial charge in [-0.25, -0.2) is 9.67 Å². The molecule has 4 rings (SSSR count). The summed E-state index contributed by atoms with van der Waals surface area (Å²) in [6, 6.07) is 12.2. The molecular weight excluding hydrogens is 344 g/mol. The van der Waals surface area contributed by atoms with E-state index in [9.17, 15) is 9.90 Å². The molecule has 2 N–H and O–H groups in total. The van der Waals surface area contributed by atoms with Gasteiger partial charge >= 0.3 is 0 Å². The van der Waals surface area contributed by atoms with Gasteiger partial charge in [0.2, 0.25) is 0 Å². The molecule has 0 fully saturated rings. The van der Waals surface area contributed by atoms with Crippen molar-refractivity contribution >= 4 is 5.91 Å². The van der Waals surface area contributed by atoms with Crippen molar-refractivity contribution in [2.45, 2.75) is 25.3 Å². The van der Waals surface area contributed by atoms with E-state index in [-0.39, 0.29) is 24.3 Å². The number of carbonyl (C=O) groups is 1. The highest BCUT2D eigenvalue weighted by molar-refractivity contribution is 5.78. The van der Waals surface area contributed by atoms with Crippen LogP contribution in [-0.4, -0.2) is 32.4 Å². The maximum atomic E-state index is 12.3. The van der Waals surface area contributed by atoms with Gasteiger partial charge in [0.05, 0.1) is 17.9 Å². The number of phenolic OH excluding ortho intramolecular Hbond substituents is 1. The number of rotatable bonds is 5. The first-order valence-electron chi connectivity index (χ1n) is 8.91. The van der Waals surface area contributed by atoms with Crippen LogP contribution >= 0.6 is 0 Å². The summed E-state index contributed by atoms with van der Waals surface area (Å²) < 4.78 is 7.25. The summed E-state index contributed by atoms with van der Waals surface area (Å²) in [7, 11) is 0. The van der Waals surface area contributed by atoms with Crippen molar-refractivity contribution in [2.24, 2.45) is 0 Å². The number of fused-ring (bicyclic) bond motifs is 1. The summed E-state index contributed by atoms with van der Waals surface area (Å²) in [5.41, 5.74) is 2.09.